The first-order valence-electron chi connectivity index (χ1n) is 8.00. The van der Waals surface area contributed by atoms with E-state index in [4.69, 9.17) is 25.8 Å². The van der Waals surface area contributed by atoms with Gasteiger partial charge in [-0.15, -0.1) is 0 Å². The Labute approximate surface area is 152 Å². The lowest BCUT2D eigenvalue weighted by Crippen LogP contribution is -2.22. The zero-order valence-corrected chi connectivity index (χ0v) is 15.4. The van der Waals surface area contributed by atoms with Crippen molar-refractivity contribution in [1.82, 2.24) is 5.32 Å². The Bertz CT molecular complexity index is 716. The molecule has 0 aliphatic carbocycles. The second-order valence-electron chi connectivity index (χ2n) is 5.37. The van der Waals surface area contributed by atoms with Crippen LogP contribution in [0.2, 0.25) is 5.02 Å². The third kappa shape index (κ3) is 5.03. The molecule has 25 heavy (non-hydrogen) atoms. The first-order chi connectivity index (χ1) is 12.1. The second-order valence-corrected chi connectivity index (χ2v) is 5.78. The maximum absolute atomic E-state index is 12.4. The van der Waals surface area contributed by atoms with Crippen molar-refractivity contribution in [3.8, 4) is 17.2 Å². The standard InChI is InChI=1S/C19H22ClNO4/c1-4-9-25-18-16(20)10-14(11-17(18)24-3)19(22)21-12-13-5-7-15(23-2)8-6-13/h5-8,10-11H,4,9,12H2,1-3H3,(H,21,22). The molecule has 0 heterocycles. The van der Waals surface area contributed by atoms with E-state index in [9.17, 15) is 4.79 Å². The van der Waals surface area contributed by atoms with Crippen LogP contribution in [0.1, 0.15) is 29.3 Å². The third-order valence-electron chi connectivity index (χ3n) is 3.55. The van der Waals surface area contributed by atoms with E-state index >= 15 is 0 Å². The monoisotopic (exact) mass is 363 g/mol. The molecule has 134 valence electrons. The molecule has 0 bridgehead atoms. The summed E-state index contributed by atoms with van der Waals surface area (Å²) in [4.78, 5) is 12.4. The average Bonchev–Trinajstić information content (AvgIpc) is 2.64. The van der Waals surface area contributed by atoms with Gasteiger partial charge in [0, 0.05) is 12.1 Å². The number of hydrogen-bond donors (Lipinski definition) is 1. The highest BCUT2D eigenvalue weighted by Crippen LogP contribution is 2.36. The SMILES string of the molecule is CCCOc1c(Cl)cc(C(=O)NCc2ccc(OC)cc2)cc1OC. The number of nitrogens with one attached hydrogen (secondary N) is 1. The van der Waals surface area contributed by atoms with E-state index in [0.717, 1.165) is 17.7 Å². The van der Waals surface area contributed by atoms with Crippen LogP contribution in [-0.4, -0.2) is 26.7 Å². The van der Waals surface area contributed by atoms with Crippen LogP contribution in [0.3, 0.4) is 0 Å². The summed E-state index contributed by atoms with van der Waals surface area (Å²) in [6.07, 6.45) is 0.851. The van der Waals surface area contributed by atoms with Crippen LogP contribution >= 0.6 is 11.6 Å². The summed E-state index contributed by atoms with van der Waals surface area (Å²) in [5.41, 5.74) is 1.38. The molecular weight excluding hydrogens is 342 g/mol. The van der Waals surface area contributed by atoms with E-state index in [-0.39, 0.29) is 5.91 Å². The van der Waals surface area contributed by atoms with Crippen molar-refractivity contribution in [1.29, 1.82) is 0 Å². The predicted octanol–water partition coefficient (Wildman–Crippen LogP) is 4.08. The molecule has 0 spiro atoms. The van der Waals surface area contributed by atoms with Crippen LogP contribution in [0.4, 0.5) is 0 Å². The highest BCUT2D eigenvalue weighted by atomic mass is 35.5. The lowest BCUT2D eigenvalue weighted by molar-refractivity contribution is 0.0950. The Hall–Kier alpha value is -2.40. The second kappa shape index (κ2) is 9.18. The highest BCUT2D eigenvalue weighted by molar-refractivity contribution is 6.32. The number of benzene rings is 2. The Morgan fingerprint density at radius 2 is 1.84 bits per heavy atom. The number of ether oxygens (including phenoxy) is 3. The van der Waals surface area contributed by atoms with Crippen LogP contribution in [0.25, 0.3) is 0 Å². The fourth-order valence-corrected chi connectivity index (χ4v) is 2.49. The molecule has 1 amide bonds. The normalized spacial score (nSPS) is 10.2. The number of methoxy groups -OCH3 is 2. The zero-order chi connectivity index (χ0) is 18.2. The first kappa shape index (κ1) is 18.9. The van der Waals surface area contributed by atoms with Gasteiger partial charge < -0.3 is 19.5 Å². The molecule has 2 aromatic carbocycles. The first-order valence-corrected chi connectivity index (χ1v) is 8.38. The van der Waals surface area contributed by atoms with Crippen molar-refractivity contribution in [2.24, 2.45) is 0 Å². The van der Waals surface area contributed by atoms with Gasteiger partial charge >= 0.3 is 0 Å². The molecule has 6 heteroatoms. The molecule has 0 aliphatic heterocycles. The van der Waals surface area contributed by atoms with Crippen LogP contribution in [0.5, 0.6) is 17.2 Å². The lowest BCUT2D eigenvalue weighted by Gasteiger charge is -2.14. The summed E-state index contributed by atoms with van der Waals surface area (Å²) in [7, 11) is 3.13. The number of hydrogen-bond acceptors (Lipinski definition) is 4. The molecule has 2 rings (SSSR count). The van der Waals surface area contributed by atoms with Gasteiger partial charge in [0.15, 0.2) is 11.5 Å². The maximum atomic E-state index is 12.4. The Balaban J connectivity index is 2.08. The van der Waals surface area contributed by atoms with Gasteiger partial charge in [-0.25, -0.2) is 0 Å². The summed E-state index contributed by atoms with van der Waals surface area (Å²) >= 11 is 6.24. The molecule has 0 fully saturated rings. The van der Waals surface area contributed by atoms with Gasteiger partial charge in [-0.3, -0.25) is 4.79 Å². The minimum atomic E-state index is -0.238. The summed E-state index contributed by atoms with van der Waals surface area (Å²) < 4.78 is 16.0. The minimum absolute atomic E-state index is 0.238. The average molecular weight is 364 g/mol. The predicted molar refractivity (Wildman–Crippen MR) is 98.0 cm³/mol. The molecule has 0 saturated carbocycles. The third-order valence-corrected chi connectivity index (χ3v) is 3.84. The molecule has 0 aromatic heterocycles. The Morgan fingerprint density at radius 3 is 2.44 bits per heavy atom. The smallest absolute Gasteiger partial charge is 0.251 e. The Morgan fingerprint density at radius 1 is 1.12 bits per heavy atom. The van der Waals surface area contributed by atoms with Crippen LogP contribution in [0.15, 0.2) is 36.4 Å². The number of carbonyl (C=O) groups is 1. The molecule has 0 radical (unpaired) electrons. The van der Waals surface area contributed by atoms with E-state index < -0.39 is 0 Å². The van der Waals surface area contributed by atoms with E-state index in [1.165, 1.54) is 7.11 Å². The van der Waals surface area contributed by atoms with E-state index in [2.05, 4.69) is 5.32 Å². The summed E-state index contributed by atoms with van der Waals surface area (Å²) in [6, 6.07) is 10.7. The fourth-order valence-electron chi connectivity index (χ4n) is 2.22. The van der Waals surface area contributed by atoms with Gasteiger partial charge in [-0.1, -0.05) is 30.7 Å². The topological polar surface area (TPSA) is 56.8 Å². The van der Waals surface area contributed by atoms with Gasteiger partial charge in [-0.2, -0.15) is 0 Å². The lowest BCUT2D eigenvalue weighted by atomic mass is 10.1. The largest absolute Gasteiger partial charge is 0.497 e. The zero-order valence-electron chi connectivity index (χ0n) is 14.6. The molecule has 0 aliphatic rings. The van der Waals surface area contributed by atoms with Gasteiger partial charge in [-0.05, 0) is 36.2 Å². The molecule has 0 atom stereocenters. The van der Waals surface area contributed by atoms with Gasteiger partial charge in [0.25, 0.3) is 5.91 Å². The van der Waals surface area contributed by atoms with Gasteiger partial charge in [0.2, 0.25) is 0 Å². The highest BCUT2D eigenvalue weighted by Gasteiger charge is 2.15. The molecule has 0 unspecified atom stereocenters. The molecule has 1 N–H and O–H groups in total. The Kier molecular flexibility index (Phi) is 6.95. The van der Waals surface area contributed by atoms with Crippen molar-refractivity contribution in [2.75, 3.05) is 20.8 Å². The van der Waals surface area contributed by atoms with Crippen molar-refractivity contribution in [2.45, 2.75) is 19.9 Å². The number of halogens is 1. The summed E-state index contributed by atoms with van der Waals surface area (Å²) in [6.45, 7) is 2.93. The fraction of sp³-hybridized carbons (Fsp3) is 0.316. The van der Waals surface area contributed by atoms with Crippen LogP contribution < -0.4 is 19.5 Å². The van der Waals surface area contributed by atoms with Crippen LogP contribution in [0, 0.1) is 0 Å². The van der Waals surface area contributed by atoms with Gasteiger partial charge in [0.05, 0.1) is 25.8 Å². The molecular formula is C19H22ClNO4. The molecule has 5 nitrogen and oxygen atoms in total. The number of amides is 1. The van der Waals surface area contributed by atoms with Crippen LogP contribution in [-0.2, 0) is 6.54 Å². The maximum Gasteiger partial charge on any atom is 0.251 e. The number of carbonyl (C=O) groups excluding carboxylic acids is 1. The van der Waals surface area contributed by atoms with E-state index in [1.807, 2.05) is 31.2 Å². The van der Waals surface area contributed by atoms with Gasteiger partial charge in [0.1, 0.15) is 5.75 Å². The summed E-state index contributed by atoms with van der Waals surface area (Å²) in [5.74, 6) is 1.43. The summed E-state index contributed by atoms with van der Waals surface area (Å²) in [5, 5.41) is 3.21. The minimum Gasteiger partial charge on any atom is -0.497 e. The molecule has 2 aromatic rings. The van der Waals surface area contributed by atoms with Crippen molar-refractivity contribution in [3.63, 3.8) is 0 Å². The number of rotatable bonds is 8. The van der Waals surface area contributed by atoms with Crippen molar-refractivity contribution < 1.29 is 19.0 Å². The molecule has 0 saturated heterocycles. The van der Waals surface area contributed by atoms with Crippen molar-refractivity contribution in [3.05, 3.63) is 52.5 Å². The van der Waals surface area contributed by atoms with E-state index in [1.54, 1.807) is 19.2 Å². The van der Waals surface area contributed by atoms with E-state index in [0.29, 0.717) is 35.2 Å². The quantitative estimate of drug-likeness (QED) is 0.767. The van der Waals surface area contributed by atoms with Crippen molar-refractivity contribution >= 4 is 17.5 Å².